The second kappa shape index (κ2) is 7.87. The van der Waals surface area contributed by atoms with Crippen LogP contribution in [0.3, 0.4) is 0 Å². The zero-order chi connectivity index (χ0) is 20.4. The molecule has 1 unspecified atom stereocenters. The predicted molar refractivity (Wildman–Crippen MR) is 111 cm³/mol. The van der Waals surface area contributed by atoms with Crippen molar-refractivity contribution in [2.75, 3.05) is 16.8 Å². The Morgan fingerprint density at radius 1 is 1.21 bits per heavy atom. The van der Waals surface area contributed by atoms with Gasteiger partial charge in [-0.25, -0.2) is 9.67 Å². The Kier molecular flexibility index (Phi) is 5.12. The van der Waals surface area contributed by atoms with E-state index < -0.39 is 5.92 Å². The molecule has 1 aliphatic heterocycles. The van der Waals surface area contributed by atoms with Crippen molar-refractivity contribution in [2.24, 2.45) is 5.92 Å². The van der Waals surface area contributed by atoms with Crippen LogP contribution in [0.25, 0.3) is 5.82 Å². The molecule has 1 saturated heterocycles. The number of benzene rings is 1. The second-order valence-corrected chi connectivity index (χ2v) is 7.50. The average Bonchev–Trinajstić information content (AvgIpc) is 3.39. The van der Waals surface area contributed by atoms with E-state index >= 15 is 0 Å². The molecule has 2 amide bonds. The number of hydrogen-bond acceptors (Lipinski definition) is 4. The van der Waals surface area contributed by atoms with Gasteiger partial charge in [-0.05, 0) is 41.8 Å². The topological polar surface area (TPSA) is 80.1 Å². The molecule has 7 nitrogen and oxygen atoms in total. The lowest BCUT2D eigenvalue weighted by molar-refractivity contribution is -0.122. The van der Waals surface area contributed by atoms with Gasteiger partial charge in [-0.3, -0.25) is 9.59 Å². The number of hydrogen-bond donors (Lipinski definition) is 1. The van der Waals surface area contributed by atoms with E-state index in [1.165, 1.54) is 5.56 Å². The van der Waals surface area contributed by atoms with Gasteiger partial charge in [-0.15, -0.1) is 0 Å². The molecule has 0 radical (unpaired) electrons. The SMILES string of the molecule is CC(C)c1cccc(N2CC(C(=O)Nc3ccc(-n4cccn4)nc3)CC2=O)c1. The van der Waals surface area contributed by atoms with Crippen molar-refractivity contribution in [3.8, 4) is 5.82 Å². The van der Waals surface area contributed by atoms with Gasteiger partial charge < -0.3 is 10.2 Å². The van der Waals surface area contributed by atoms with Crippen molar-refractivity contribution >= 4 is 23.2 Å². The zero-order valence-electron chi connectivity index (χ0n) is 16.4. The Morgan fingerprint density at radius 3 is 2.76 bits per heavy atom. The Balaban J connectivity index is 1.42. The lowest BCUT2D eigenvalue weighted by Gasteiger charge is -2.18. The van der Waals surface area contributed by atoms with Crippen LogP contribution in [-0.2, 0) is 9.59 Å². The highest BCUT2D eigenvalue weighted by Gasteiger charge is 2.35. The van der Waals surface area contributed by atoms with Crippen molar-refractivity contribution in [3.63, 3.8) is 0 Å². The fourth-order valence-corrected chi connectivity index (χ4v) is 3.43. The lowest BCUT2D eigenvalue weighted by Crippen LogP contribution is -2.28. The maximum Gasteiger partial charge on any atom is 0.229 e. The Bertz CT molecular complexity index is 1010. The van der Waals surface area contributed by atoms with Crippen LogP contribution in [0.4, 0.5) is 11.4 Å². The predicted octanol–water partition coefficient (Wildman–Crippen LogP) is 3.38. The quantitative estimate of drug-likeness (QED) is 0.725. The van der Waals surface area contributed by atoms with Gasteiger partial charge in [-0.2, -0.15) is 5.10 Å². The first kappa shape index (κ1) is 18.9. The van der Waals surface area contributed by atoms with E-state index in [0.717, 1.165) is 5.69 Å². The highest BCUT2D eigenvalue weighted by molar-refractivity contribution is 6.03. The normalized spacial score (nSPS) is 16.4. The molecule has 2 aromatic heterocycles. The van der Waals surface area contributed by atoms with E-state index in [9.17, 15) is 9.59 Å². The van der Waals surface area contributed by atoms with Crippen LogP contribution < -0.4 is 10.2 Å². The monoisotopic (exact) mass is 389 g/mol. The lowest BCUT2D eigenvalue weighted by atomic mass is 10.0. The van der Waals surface area contributed by atoms with Crippen molar-refractivity contribution in [1.29, 1.82) is 0 Å². The summed E-state index contributed by atoms with van der Waals surface area (Å²) < 4.78 is 1.64. The number of amides is 2. The van der Waals surface area contributed by atoms with E-state index in [1.807, 2.05) is 24.3 Å². The number of pyridine rings is 1. The number of anilines is 2. The third-order valence-corrected chi connectivity index (χ3v) is 5.10. The van der Waals surface area contributed by atoms with E-state index in [2.05, 4.69) is 35.3 Å². The third kappa shape index (κ3) is 4.03. The Hall–Kier alpha value is -3.48. The van der Waals surface area contributed by atoms with E-state index in [4.69, 9.17) is 0 Å². The summed E-state index contributed by atoms with van der Waals surface area (Å²) in [5.41, 5.74) is 2.62. The Labute approximate surface area is 169 Å². The van der Waals surface area contributed by atoms with Gasteiger partial charge in [0.2, 0.25) is 11.8 Å². The maximum absolute atomic E-state index is 12.7. The van der Waals surface area contributed by atoms with Gasteiger partial charge in [0.05, 0.1) is 17.8 Å². The van der Waals surface area contributed by atoms with Crippen molar-refractivity contribution < 1.29 is 9.59 Å². The van der Waals surface area contributed by atoms with Crippen molar-refractivity contribution in [3.05, 3.63) is 66.6 Å². The summed E-state index contributed by atoms with van der Waals surface area (Å²) in [5.74, 6) is 0.452. The fourth-order valence-electron chi connectivity index (χ4n) is 3.43. The molecule has 7 heteroatoms. The van der Waals surface area contributed by atoms with Crippen LogP contribution in [-0.4, -0.2) is 33.1 Å². The number of nitrogens with one attached hydrogen (secondary N) is 1. The van der Waals surface area contributed by atoms with Gasteiger partial charge in [-0.1, -0.05) is 26.0 Å². The highest BCUT2D eigenvalue weighted by Crippen LogP contribution is 2.28. The summed E-state index contributed by atoms with van der Waals surface area (Å²) in [6.07, 6.45) is 5.27. The van der Waals surface area contributed by atoms with Crippen molar-refractivity contribution in [1.82, 2.24) is 14.8 Å². The average molecular weight is 389 g/mol. The highest BCUT2D eigenvalue weighted by atomic mass is 16.2. The van der Waals surface area contributed by atoms with Crippen LogP contribution in [0.1, 0.15) is 31.7 Å². The van der Waals surface area contributed by atoms with Gasteiger partial charge in [0, 0.05) is 31.0 Å². The van der Waals surface area contributed by atoms with Gasteiger partial charge in [0.1, 0.15) is 0 Å². The standard InChI is InChI=1S/C22H23N5O2/c1-15(2)16-5-3-6-19(11-16)26-14-17(12-21(26)28)22(29)25-18-7-8-20(23-13-18)27-10-4-9-24-27/h3-11,13,15,17H,12,14H2,1-2H3,(H,25,29). The fraction of sp³-hybridized carbons (Fsp3) is 0.273. The molecular formula is C22H23N5O2. The zero-order valence-corrected chi connectivity index (χ0v) is 16.4. The molecule has 1 fully saturated rings. The molecule has 0 spiro atoms. The third-order valence-electron chi connectivity index (χ3n) is 5.10. The summed E-state index contributed by atoms with van der Waals surface area (Å²) >= 11 is 0. The van der Waals surface area contributed by atoms with Crippen LogP contribution in [0.2, 0.25) is 0 Å². The molecule has 0 saturated carbocycles. The van der Waals surface area contributed by atoms with E-state index in [1.54, 1.807) is 40.3 Å². The van der Waals surface area contributed by atoms with Crippen molar-refractivity contribution in [2.45, 2.75) is 26.2 Å². The number of rotatable bonds is 5. The van der Waals surface area contributed by atoms with E-state index in [0.29, 0.717) is 24.0 Å². The first-order valence-corrected chi connectivity index (χ1v) is 9.68. The number of carbonyl (C=O) groups excluding carboxylic acids is 2. The molecule has 148 valence electrons. The molecule has 0 bridgehead atoms. The van der Waals surface area contributed by atoms with Crippen LogP contribution >= 0.6 is 0 Å². The Morgan fingerprint density at radius 2 is 2.07 bits per heavy atom. The number of carbonyl (C=O) groups is 2. The van der Waals surface area contributed by atoms with Crippen LogP contribution in [0.15, 0.2) is 61.1 Å². The molecule has 1 N–H and O–H groups in total. The van der Waals surface area contributed by atoms with Gasteiger partial charge in [0.15, 0.2) is 5.82 Å². The minimum Gasteiger partial charge on any atom is -0.324 e. The van der Waals surface area contributed by atoms with Crippen LogP contribution in [0.5, 0.6) is 0 Å². The molecule has 1 aromatic carbocycles. The first-order chi connectivity index (χ1) is 14.0. The summed E-state index contributed by atoms with van der Waals surface area (Å²) in [5, 5.41) is 6.99. The minimum absolute atomic E-state index is 0.0294. The number of nitrogens with zero attached hydrogens (tertiary/aromatic N) is 4. The summed E-state index contributed by atoms with van der Waals surface area (Å²) in [7, 11) is 0. The molecular weight excluding hydrogens is 366 g/mol. The maximum atomic E-state index is 12.7. The minimum atomic E-state index is -0.393. The first-order valence-electron chi connectivity index (χ1n) is 9.68. The molecule has 1 aliphatic rings. The molecule has 29 heavy (non-hydrogen) atoms. The molecule has 1 atom stereocenters. The number of aromatic nitrogens is 3. The largest absolute Gasteiger partial charge is 0.324 e. The molecule has 0 aliphatic carbocycles. The second-order valence-electron chi connectivity index (χ2n) is 7.50. The molecule has 4 rings (SSSR count). The van der Waals surface area contributed by atoms with E-state index in [-0.39, 0.29) is 18.2 Å². The van der Waals surface area contributed by atoms with Crippen LogP contribution in [0, 0.1) is 5.92 Å². The van der Waals surface area contributed by atoms with Gasteiger partial charge >= 0.3 is 0 Å². The summed E-state index contributed by atoms with van der Waals surface area (Å²) in [6, 6.07) is 13.3. The summed E-state index contributed by atoms with van der Waals surface area (Å²) in [4.78, 5) is 31.2. The summed E-state index contributed by atoms with van der Waals surface area (Å²) in [6.45, 7) is 4.62. The smallest absolute Gasteiger partial charge is 0.229 e. The molecule has 3 heterocycles. The van der Waals surface area contributed by atoms with Gasteiger partial charge in [0.25, 0.3) is 0 Å². The molecule has 3 aromatic rings.